The lowest BCUT2D eigenvalue weighted by Crippen LogP contribution is -2.36. The van der Waals surface area contributed by atoms with Gasteiger partial charge in [-0.15, -0.1) is 0 Å². The molecule has 0 atom stereocenters. The molecule has 0 saturated carbocycles. The lowest BCUT2D eigenvalue weighted by atomic mass is 9.85. The Morgan fingerprint density at radius 1 is 0.878 bits per heavy atom. The Kier molecular flexibility index (Phi) is 11.4. The van der Waals surface area contributed by atoms with E-state index in [0.29, 0.717) is 19.7 Å². The lowest BCUT2D eigenvalue weighted by Gasteiger charge is -2.29. The fraction of sp³-hybridized carbons (Fsp3) is 0.390. The van der Waals surface area contributed by atoms with Crippen molar-refractivity contribution < 1.29 is 28.9 Å². The molecule has 8 nitrogen and oxygen atoms in total. The van der Waals surface area contributed by atoms with Gasteiger partial charge in [-0.2, -0.15) is 0 Å². The number of carbonyl (C=O) groups is 2. The van der Waals surface area contributed by atoms with Gasteiger partial charge < -0.3 is 24.2 Å². The largest absolute Gasteiger partial charge is 0.493 e. The van der Waals surface area contributed by atoms with E-state index in [1.807, 2.05) is 57.2 Å². The van der Waals surface area contributed by atoms with Crippen molar-refractivity contribution in [2.75, 3.05) is 19.8 Å². The molecule has 3 heterocycles. The highest BCUT2D eigenvalue weighted by Gasteiger charge is 2.26. The molecule has 0 saturated heterocycles. The summed E-state index contributed by atoms with van der Waals surface area (Å²) in [5.41, 5.74) is 10.7. The summed E-state index contributed by atoms with van der Waals surface area (Å²) < 4.78 is 16.9. The Morgan fingerprint density at radius 3 is 2.31 bits per heavy atom. The Bertz CT molecular complexity index is 1790. The van der Waals surface area contributed by atoms with Gasteiger partial charge in [0.1, 0.15) is 12.4 Å². The summed E-state index contributed by atoms with van der Waals surface area (Å²) in [6.45, 7) is 13.5. The third-order valence-electron chi connectivity index (χ3n) is 8.48. The molecule has 2 aliphatic heterocycles. The monoisotopic (exact) mass is 664 g/mol. The van der Waals surface area contributed by atoms with Crippen molar-refractivity contribution in [3.63, 3.8) is 0 Å². The second kappa shape index (κ2) is 15.7. The molecule has 1 aromatic heterocycles. The van der Waals surface area contributed by atoms with E-state index in [9.17, 15) is 9.59 Å². The number of carbonyl (C=O) groups excluding carboxylic acids is 2. The molecule has 0 bridgehead atoms. The Balaban J connectivity index is 0.000000874. The summed E-state index contributed by atoms with van der Waals surface area (Å²) in [6, 6.07) is 22.5. The quantitative estimate of drug-likeness (QED) is 0.200. The van der Waals surface area contributed by atoms with Gasteiger partial charge in [0.2, 0.25) is 0 Å². The van der Waals surface area contributed by atoms with Crippen molar-refractivity contribution in [2.45, 2.75) is 86.0 Å². The standard InChI is InChI=1S/C37H38N2O5.C4H10O/c1-4-42-34(40)21-32-24(2)38-25(3)35(36(32)30-14-15-33-28(20-30)11-8-18-43-33)29-12-13-31-22-39(17-16-27(31)19-29)37(41)44-23-26-9-6-5-7-10-26;1-4(2,3)5/h5-7,9-10,12-15,19-20H,4,8,11,16-18,21-23H2,1-3H3;5H,1-3H3. The molecule has 0 unspecified atom stereocenters. The minimum Gasteiger partial charge on any atom is -0.493 e. The minimum absolute atomic E-state index is 0.147. The number of nitrogens with zero attached hydrogens (tertiary/aromatic N) is 2. The van der Waals surface area contributed by atoms with E-state index >= 15 is 0 Å². The zero-order valence-corrected chi connectivity index (χ0v) is 29.6. The van der Waals surface area contributed by atoms with Crippen LogP contribution in [0.2, 0.25) is 0 Å². The van der Waals surface area contributed by atoms with E-state index in [4.69, 9.17) is 24.3 Å². The van der Waals surface area contributed by atoms with Gasteiger partial charge >= 0.3 is 12.1 Å². The zero-order valence-electron chi connectivity index (χ0n) is 29.6. The molecule has 0 aliphatic carbocycles. The molecule has 1 N–H and O–H groups in total. The number of aromatic nitrogens is 1. The van der Waals surface area contributed by atoms with Crippen LogP contribution in [0.4, 0.5) is 4.79 Å². The van der Waals surface area contributed by atoms with Crippen LogP contribution in [-0.2, 0) is 46.7 Å². The van der Waals surface area contributed by atoms with Crippen molar-refractivity contribution in [2.24, 2.45) is 0 Å². The van der Waals surface area contributed by atoms with Gasteiger partial charge in [-0.05, 0) is 117 Å². The zero-order chi connectivity index (χ0) is 35.1. The minimum atomic E-state index is -0.500. The maximum absolute atomic E-state index is 12.9. The van der Waals surface area contributed by atoms with Gasteiger partial charge in [-0.25, -0.2) is 4.79 Å². The summed E-state index contributed by atoms with van der Waals surface area (Å²) in [5.74, 6) is 0.663. The molecule has 0 radical (unpaired) electrons. The number of ether oxygens (including phenoxy) is 3. The number of rotatable bonds is 7. The molecule has 0 fully saturated rings. The highest BCUT2D eigenvalue weighted by molar-refractivity contribution is 5.90. The van der Waals surface area contributed by atoms with Gasteiger partial charge in [0, 0.05) is 30.0 Å². The van der Waals surface area contributed by atoms with Crippen molar-refractivity contribution in [1.82, 2.24) is 9.88 Å². The molecule has 0 spiro atoms. The second-order valence-electron chi connectivity index (χ2n) is 13.6. The Hall–Kier alpha value is -4.69. The van der Waals surface area contributed by atoms with E-state index in [1.54, 1.807) is 25.7 Å². The average molecular weight is 665 g/mol. The van der Waals surface area contributed by atoms with E-state index in [0.717, 1.165) is 82.0 Å². The molecule has 1 amide bonds. The van der Waals surface area contributed by atoms with Crippen LogP contribution in [0.1, 0.15) is 73.3 Å². The molecular weight excluding hydrogens is 616 g/mol. The number of pyridine rings is 1. The van der Waals surface area contributed by atoms with Crippen molar-refractivity contribution in [3.8, 4) is 28.0 Å². The van der Waals surface area contributed by atoms with Crippen molar-refractivity contribution in [1.29, 1.82) is 0 Å². The molecule has 49 heavy (non-hydrogen) atoms. The predicted octanol–water partition coefficient (Wildman–Crippen LogP) is 7.94. The predicted molar refractivity (Wildman–Crippen MR) is 191 cm³/mol. The third kappa shape index (κ3) is 9.27. The lowest BCUT2D eigenvalue weighted by molar-refractivity contribution is -0.142. The summed E-state index contributed by atoms with van der Waals surface area (Å²) in [7, 11) is 0. The maximum Gasteiger partial charge on any atom is 0.410 e. The fourth-order valence-corrected chi connectivity index (χ4v) is 6.32. The smallest absolute Gasteiger partial charge is 0.410 e. The SMILES string of the molecule is CC(C)(C)O.CCOC(=O)Cc1c(C)nc(C)c(-c2ccc3c(c2)CCN(C(=O)OCc2ccccc2)C3)c1-c1ccc2c(c1)CCCO2. The average Bonchev–Trinajstić information content (AvgIpc) is 3.07. The molecule has 4 aromatic rings. The molecular formula is C41H48N2O6. The first-order valence-corrected chi connectivity index (χ1v) is 17.1. The first-order valence-electron chi connectivity index (χ1n) is 17.1. The van der Waals surface area contributed by atoms with Crippen molar-refractivity contribution >= 4 is 12.1 Å². The highest BCUT2D eigenvalue weighted by Crippen LogP contribution is 2.41. The van der Waals surface area contributed by atoms with E-state index in [2.05, 4.69) is 30.3 Å². The molecule has 3 aromatic carbocycles. The van der Waals surface area contributed by atoms with E-state index in [1.165, 1.54) is 11.1 Å². The Morgan fingerprint density at radius 2 is 1.57 bits per heavy atom. The van der Waals surface area contributed by atoms with Crippen LogP contribution in [-0.4, -0.2) is 52.4 Å². The number of amides is 1. The molecule has 2 aliphatic rings. The van der Waals surface area contributed by atoms with Crippen LogP contribution in [0.5, 0.6) is 5.75 Å². The van der Waals surface area contributed by atoms with Gasteiger partial charge in [-0.1, -0.05) is 54.6 Å². The topological polar surface area (TPSA) is 98.2 Å². The number of fused-ring (bicyclic) bond motifs is 2. The number of esters is 1. The third-order valence-corrected chi connectivity index (χ3v) is 8.48. The summed E-state index contributed by atoms with van der Waals surface area (Å²) in [4.78, 5) is 32.4. The second-order valence-corrected chi connectivity index (χ2v) is 13.6. The summed E-state index contributed by atoms with van der Waals surface area (Å²) >= 11 is 0. The molecule has 6 rings (SSSR count). The van der Waals surface area contributed by atoms with E-state index < -0.39 is 5.60 Å². The van der Waals surface area contributed by atoms with Gasteiger partial charge in [0.05, 0.1) is 25.2 Å². The summed E-state index contributed by atoms with van der Waals surface area (Å²) in [5, 5.41) is 8.52. The number of aliphatic hydroxyl groups is 1. The Labute approximate surface area is 290 Å². The van der Waals surface area contributed by atoms with Gasteiger partial charge in [0.25, 0.3) is 0 Å². The fourth-order valence-electron chi connectivity index (χ4n) is 6.32. The summed E-state index contributed by atoms with van der Waals surface area (Å²) in [6.07, 6.45) is 2.51. The van der Waals surface area contributed by atoms with Gasteiger partial charge in [-0.3, -0.25) is 9.78 Å². The highest BCUT2D eigenvalue weighted by atomic mass is 16.6. The first kappa shape index (κ1) is 35.6. The van der Waals surface area contributed by atoms with Crippen LogP contribution in [0.15, 0.2) is 66.7 Å². The number of hydrogen-bond acceptors (Lipinski definition) is 7. The number of aryl methyl sites for hydroxylation is 3. The van der Waals surface area contributed by atoms with Crippen LogP contribution in [0.25, 0.3) is 22.3 Å². The number of benzene rings is 3. The van der Waals surface area contributed by atoms with Crippen molar-refractivity contribution in [3.05, 3.63) is 106 Å². The normalized spacial score (nSPS) is 13.7. The molecule has 8 heteroatoms. The molecule has 258 valence electrons. The van der Waals surface area contributed by atoms with Gasteiger partial charge in [0.15, 0.2) is 0 Å². The van der Waals surface area contributed by atoms with Crippen LogP contribution < -0.4 is 4.74 Å². The maximum atomic E-state index is 12.9. The van der Waals surface area contributed by atoms with Crippen LogP contribution in [0.3, 0.4) is 0 Å². The number of hydrogen-bond donors (Lipinski definition) is 1. The first-order chi connectivity index (χ1) is 23.4. The van der Waals surface area contributed by atoms with E-state index in [-0.39, 0.29) is 25.1 Å². The van der Waals surface area contributed by atoms with Crippen LogP contribution in [0, 0.1) is 13.8 Å². The van der Waals surface area contributed by atoms with Crippen LogP contribution >= 0.6 is 0 Å².